The van der Waals surface area contributed by atoms with Gasteiger partial charge in [0, 0.05) is 18.5 Å². The van der Waals surface area contributed by atoms with Gasteiger partial charge in [0.15, 0.2) is 0 Å². The van der Waals surface area contributed by atoms with E-state index >= 15 is 0 Å². The van der Waals surface area contributed by atoms with E-state index in [1.54, 1.807) is 0 Å². The highest BCUT2D eigenvalue weighted by Crippen LogP contribution is 2.13. The third kappa shape index (κ3) is 3.98. The van der Waals surface area contributed by atoms with Gasteiger partial charge in [-0.3, -0.25) is 4.79 Å². The molecule has 0 spiro atoms. The van der Waals surface area contributed by atoms with Crippen molar-refractivity contribution in [3.63, 3.8) is 0 Å². The number of hydrogen-bond acceptors (Lipinski definition) is 3. The summed E-state index contributed by atoms with van der Waals surface area (Å²) in [6.45, 7) is 6.47. The van der Waals surface area contributed by atoms with E-state index in [-0.39, 0.29) is 11.4 Å². The summed E-state index contributed by atoms with van der Waals surface area (Å²) in [7, 11) is 0. The number of nitrogens with one attached hydrogen (secondary N) is 3. The number of rotatable bonds is 4. The molecule has 0 aliphatic rings. The van der Waals surface area contributed by atoms with Gasteiger partial charge in [0.05, 0.1) is 11.0 Å². The predicted octanol–water partition coefficient (Wildman–Crippen LogP) is 2.28. The molecular weight excluding hydrogens is 240 g/mol. The van der Waals surface area contributed by atoms with Crippen LogP contribution in [0.2, 0.25) is 0 Å². The second-order valence-corrected chi connectivity index (χ2v) is 5.58. The average molecular weight is 260 g/mol. The Labute approximate surface area is 112 Å². The molecule has 1 amide bonds. The van der Waals surface area contributed by atoms with Gasteiger partial charge in [0.2, 0.25) is 11.9 Å². The van der Waals surface area contributed by atoms with Crippen LogP contribution in [-0.2, 0) is 4.79 Å². The van der Waals surface area contributed by atoms with E-state index in [4.69, 9.17) is 0 Å². The molecule has 0 saturated heterocycles. The monoisotopic (exact) mass is 260 g/mol. The number of H-pyrrole nitrogens is 1. The average Bonchev–Trinajstić information content (AvgIpc) is 2.68. The van der Waals surface area contributed by atoms with Crippen molar-refractivity contribution >= 4 is 22.9 Å². The maximum Gasteiger partial charge on any atom is 0.222 e. The lowest BCUT2D eigenvalue weighted by Crippen LogP contribution is -2.41. The molecule has 0 radical (unpaired) electrons. The highest BCUT2D eigenvalue weighted by molar-refractivity contribution is 5.78. The van der Waals surface area contributed by atoms with Gasteiger partial charge in [-0.15, -0.1) is 0 Å². The summed E-state index contributed by atoms with van der Waals surface area (Å²) in [4.78, 5) is 19.2. The van der Waals surface area contributed by atoms with Crippen molar-refractivity contribution in [3.8, 4) is 0 Å². The van der Waals surface area contributed by atoms with Crippen LogP contribution in [0.1, 0.15) is 27.2 Å². The van der Waals surface area contributed by atoms with Crippen molar-refractivity contribution in [2.24, 2.45) is 0 Å². The number of hydrogen-bond donors (Lipinski definition) is 3. The van der Waals surface area contributed by atoms with Gasteiger partial charge in [-0.05, 0) is 32.9 Å². The maximum atomic E-state index is 11.6. The van der Waals surface area contributed by atoms with Crippen molar-refractivity contribution in [1.82, 2.24) is 15.3 Å². The van der Waals surface area contributed by atoms with E-state index in [2.05, 4.69) is 20.6 Å². The van der Waals surface area contributed by atoms with Crippen molar-refractivity contribution in [1.29, 1.82) is 0 Å². The molecule has 3 N–H and O–H groups in total. The molecule has 19 heavy (non-hydrogen) atoms. The van der Waals surface area contributed by atoms with Crippen molar-refractivity contribution in [2.45, 2.75) is 32.7 Å². The molecular formula is C14H20N4O. The lowest BCUT2D eigenvalue weighted by molar-refractivity contribution is -0.122. The number of benzene rings is 1. The van der Waals surface area contributed by atoms with E-state index in [9.17, 15) is 4.79 Å². The highest BCUT2D eigenvalue weighted by atomic mass is 16.1. The summed E-state index contributed by atoms with van der Waals surface area (Å²) < 4.78 is 0. The first-order valence-corrected chi connectivity index (χ1v) is 6.44. The first-order chi connectivity index (χ1) is 8.94. The summed E-state index contributed by atoms with van der Waals surface area (Å²) in [5, 5.41) is 6.05. The maximum absolute atomic E-state index is 11.6. The van der Waals surface area contributed by atoms with Gasteiger partial charge in [-0.1, -0.05) is 12.1 Å². The van der Waals surface area contributed by atoms with Crippen LogP contribution in [0, 0.1) is 0 Å². The van der Waals surface area contributed by atoms with E-state index in [1.165, 1.54) is 0 Å². The van der Waals surface area contributed by atoms with Gasteiger partial charge in [-0.2, -0.15) is 0 Å². The number of aromatic amines is 1. The van der Waals surface area contributed by atoms with E-state index in [0.29, 0.717) is 18.9 Å². The van der Waals surface area contributed by atoms with E-state index in [0.717, 1.165) is 11.0 Å². The minimum atomic E-state index is -0.184. The van der Waals surface area contributed by atoms with Crippen LogP contribution in [0.4, 0.5) is 5.95 Å². The van der Waals surface area contributed by atoms with Gasteiger partial charge in [0.25, 0.3) is 0 Å². The molecule has 102 valence electrons. The topological polar surface area (TPSA) is 69.8 Å². The molecule has 5 nitrogen and oxygen atoms in total. The van der Waals surface area contributed by atoms with Crippen LogP contribution in [-0.4, -0.2) is 28.0 Å². The standard InChI is InChI=1S/C14H20N4O/c1-14(2,3)18-12(19)8-9-15-13-16-10-6-4-5-7-11(10)17-13/h4-7H,8-9H2,1-3H3,(H,18,19)(H2,15,16,17). The fourth-order valence-corrected chi connectivity index (χ4v) is 1.81. The largest absolute Gasteiger partial charge is 0.355 e. The third-order valence-electron chi connectivity index (χ3n) is 2.55. The van der Waals surface area contributed by atoms with Crippen LogP contribution >= 0.6 is 0 Å². The van der Waals surface area contributed by atoms with E-state index in [1.807, 2.05) is 45.0 Å². The zero-order chi connectivity index (χ0) is 13.9. The Bertz CT molecular complexity index is 535. The number of imidazole rings is 1. The minimum Gasteiger partial charge on any atom is -0.355 e. The first kappa shape index (κ1) is 13.4. The second-order valence-electron chi connectivity index (χ2n) is 5.58. The molecule has 2 rings (SSSR count). The first-order valence-electron chi connectivity index (χ1n) is 6.44. The van der Waals surface area contributed by atoms with Crippen LogP contribution < -0.4 is 10.6 Å². The van der Waals surface area contributed by atoms with Crippen molar-refractivity contribution < 1.29 is 4.79 Å². The number of para-hydroxylation sites is 2. The Hall–Kier alpha value is -2.04. The molecule has 0 unspecified atom stereocenters. The zero-order valence-electron chi connectivity index (χ0n) is 11.6. The van der Waals surface area contributed by atoms with Crippen molar-refractivity contribution in [2.75, 3.05) is 11.9 Å². The van der Waals surface area contributed by atoms with Gasteiger partial charge < -0.3 is 15.6 Å². The Morgan fingerprint density at radius 1 is 1.32 bits per heavy atom. The summed E-state index contributed by atoms with van der Waals surface area (Å²) >= 11 is 0. The Morgan fingerprint density at radius 2 is 2.05 bits per heavy atom. The highest BCUT2D eigenvalue weighted by Gasteiger charge is 2.13. The number of fused-ring (bicyclic) bond motifs is 1. The number of carbonyl (C=O) groups is 1. The number of nitrogens with zero attached hydrogens (tertiary/aromatic N) is 1. The minimum absolute atomic E-state index is 0.0381. The summed E-state index contributed by atoms with van der Waals surface area (Å²) in [6.07, 6.45) is 0.425. The normalized spacial score (nSPS) is 11.5. The van der Waals surface area contributed by atoms with Crippen LogP contribution in [0.15, 0.2) is 24.3 Å². The Balaban J connectivity index is 1.84. The quantitative estimate of drug-likeness (QED) is 0.790. The number of anilines is 1. The van der Waals surface area contributed by atoms with E-state index < -0.39 is 0 Å². The molecule has 0 aliphatic carbocycles. The number of carbonyl (C=O) groups excluding carboxylic acids is 1. The molecule has 1 aromatic carbocycles. The van der Waals surface area contributed by atoms with Crippen LogP contribution in [0.3, 0.4) is 0 Å². The van der Waals surface area contributed by atoms with Crippen LogP contribution in [0.25, 0.3) is 11.0 Å². The van der Waals surface area contributed by atoms with Gasteiger partial charge in [0.1, 0.15) is 0 Å². The predicted molar refractivity (Wildman–Crippen MR) is 77.1 cm³/mol. The fourth-order valence-electron chi connectivity index (χ4n) is 1.81. The lowest BCUT2D eigenvalue weighted by Gasteiger charge is -2.20. The summed E-state index contributed by atoms with van der Waals surface area (Å²) in [5.74, 6) is 0.737. The van der Waals surface area contributed by atoms with Gasteiger partial charge >= 0.3 is 0 Å². The number of aromatic nitrogens is 2. The smallest absolute Gasteiger partial charge is 0.222 e. The molecule has 0 atom stereocenters. The third-order valence-corrected chi connectivity index (χ3v) is 2.55. The van der Waals surface area contributed by atoms with Crippen LogP contribution in [0.5, 0.6) is 0 Å². The molecule has 1 heterocycles. The molecule has 0 fully saturated rings. The fraction of sp³-hybridized carbons (Fsp3) is 0.429. The van der Waals surface area contributed by atoms with Gasteiger partial charge in [-0.25, -0.2) is 4.98 Å². The lowest BCUT2D eigenvalue weighted by atomic mass is 10.1. The summed E-state index contributed by atoms with van der Waals surface area (Å²) in [6, 6.07) is 7.83. The molecule has 0 aliphatic heterocycles. The zero-order valence-corrected chi connectivity index (χ0v) is 11.6. The SMILES string of the molecule is CC(C)(C)NC(=O)CCNc1nc2ccccc2[nH]1. The van der Waals surface area contributed by atoms with Crippen molar-refractivity contribution in [3.05, 3.63) is 24.3 Å². The Kier molecular flexibility index (Phi) is 3.74. The second kappa shape index (κ2) is 5.30. The molecule has 5 heteroatoms. The Morgan fingerprint density at radius 3 is 2.74 bits per heavy atom. The molecule has 0 saturated carbocycles. The molecule has 1 aromatic heterocycles. The molecule has 2 aromatic rings. The summed E-state index contributed by atoms with van der Waals surface area (Å²) in [5.41, 5.74) is 1.73. The molecule has 0 bridgehead atoms. The number of amides is 1.